The summed E-state index contributed by atoms with van der Waals surface area (Å²) in [7, 11) is 8.29. The second kappa shape index (κ2) is 8.61. The van der Waals surface area contributed by atoms with E-state index in [0.717, 1.165) is 42.5 Å². The van der Waals surface area contributed by atoms with E-state index >= 15 is 0 Å². The molecule has 2 aromatic rings. The summed E-state index contributed by atoms with van der Waals surface area (Å²) in [6.45, 7) is 5.92. The third-order valence-electron chi connectivity index (χ3n) is 7.80. The Morgan fingerprint density at radius 3 is 2.88 bits per heavy atom. The molecular formula is C25H34N3O4P. The van der Waals surface area contributed by atoms with Crippen molar-refractivity contribution in [3.63, 3.8) is 0 Å². The number of rotatable bonds is 4. The van der Waals surface area contributed by atoms with Gasteiger partial charge in [0.25, 0.3) is 0 Å². The van der Waals surface area contributed by atoms with Crippen LogP contribution in [-0.2, 0) is 20.7 Å². The van der Waals surface area contributed by atoms with Gasteiger partial charge in [0, 0.05) is 46.8 Å². The molecule has 3 aliphatic rings. The summed E-state index contributed by atoms with van der Waals surface area (Å²) >= 11 is 0. The highest BCUT2D eigenvalue weighted by atomic mass is 31.0. The number of nitrogens with zero attached hydrogens (tertiary/aromatic N) is 2. The Balaban J connectivity index is 1.48. The first-order chi connectivity index (χ1) is 15.8. The lowest BCUT2D eigenvalue weighted by Gasteiger charge is -2.49. The number of fused-ring (bicyclic) bond motifs is 6. The lowest BCUT2D eigenvalue weighted by molar-refractivity contribution is -0.153. The van der Waals surface area contributed by atoms with Crippen molar-refractivity contribution in [3.05, 3.63) is 35.2 Å². The summed E-state index contributed by atoms with van der Waals surface area (Å²) in [5.74, 6) is 1.01. The maximum Gasteiger partial charge on any atom is 0.338 e. The summed E-state index contributed by atoms with van der Waals surface area (Å²) in [4.78, 5) is 21.3. The monoisotopic (exact) mass is 471 g/mol. The van der Waals surface area contributed by atoms with Gasteiger partial charge in [-0.3, -0.25) is 9.80 Å². The molecule has 5 rings (SSSR count). The molecule has 8 heteroatoms. The molecule has 3 aliphatic heterocycles. The van der Waals surface area contributed by atoms with Crippen LogP contribution in [0.15, 0.2) is 24.0 Å². The quantitative estimate of drug-likeness (QED) is 0.420. The molecule has 6 atom stereocenters. The zero-order valence-corrected chi connectivity index (χ0v) is 21.2. The Hall–Kier alpha value is -2.08. The van der Waals surface area contributed by atoms with E-state index in [9.17, 15) is 4.79 Å². The largest absolute Gasteiger partial charge is 0.497 e. The number of hydrogen-bond donors (Lipinski definition) is 1. The summed E-state index contributed by atoms with van der Waals surface area (Å²) in [5.41, 5.74) is 4.47. The number of nitrogens with one attached hydrogen (secondary N) is 1. The zero-order chi connectivity index (χ0) is 23.4. The highest BCUT2D eigenvalue weighted by Gasteiger charge is 2.47. The van der Waals surface area contributed by atoms with Crippen LogP contribution < -0.4 is 10.0 Å². The molecular weight excluding hydrogens is 437 g/mol. The molecule has 1 aromatic carbocycles. The number of carbonyl (C=O) groups is 1. The van der Waals surface area contributed by atoms with Crippen molar-refractivity contribution in [2.45, 2.75) is 45.1 Å². The second-order valence-corrected chi connectivity index (χ2v) is 10.4. The first-order valence-electron chi connectivity index (χ1n) is 11.7. The van der Waals surface area contributed by atoms with E-state index in [-0.39, 0.29) is 36.2 Å². The Bertz CT molecular complexity index is 1110. The standard InChI is InChI=1S/C25H34N3O4P/c1-13-18-11-28-7-6-15-17-9-22(30-5)23(33)10-20(17)26-24(15)21(28)8-16(18)19(12-31-13)25(29)32-14(2)27(3)4/h9-10,12-14,16,18,21,26H,6-8,11,33H2,1-5H3. The molecule has 1 N–H and O–H groups in total. The van der Waals surface area contributed by atoms with E-state index in [1.807, 2.05) is 25.9 Å². The lowest BCUT2D eigenvalue weighted by atomic mass is 9.72. The lowest BCUT2D eigenvalue weighted by Crippen LogP contribution is -2.51. The predicted molar refractivity (Wildman–Crippen MR) is 132 cm³/mol. The minimum absolute atomic E-state index is 0.0758. The third kappa shape index (κ3) is 3.84. The molecule has 178 valence electrons. The SMILES string of the molecule is COc1cc2c3c([nH]c2cc1P)C1CC2C(C(=O)OC(C)N(C)C)=COC(C)C2CN1CC3. The van der Waals surface area contributed by atoms with Crippen LogP contribution in [0.25, 0.3) is 10.9 Å². The van der Waals surface area contributed by atoms with Crippen molar-refractivity contribution < 1.29 is 19.0 Å². The van der Waals surface area contributed by atoms with Crippen LogP contribution in [0, 0.1) is 11.8 Å². The number of aromatic nitrogens is 1. The number of methoxy groups -OCH3 is 1. The van der Waals surface area contributed by atoms with Gasteiger partial charge in [0.05, 0.1) is 31.1 Å². The molecule has 1 aromatic heterocycles. The Morgan fingerprint density at radius 2 is 2.15 bits per heavy atom. The number of esters is 1. The number of ether oxygens (including phenoxy) is 3. The average molecular weight is 472 g/mol. The smallest absolute Gasteiger partial charge is 0.338 e. The van der Waals surface area contributed by atoms with Crippen LogP contribution in [-0.4, -0.2) is 67.4 Å². The molecule has 0 saturated carbocycles. The Morgan fingerprint density at radius 1 is 1.36 bits per heavy atom. The van der Waals surface area contributed by atoms with Crippen LogP contribution in [0.3, 0.4) is 0 Å². The number of carbonyl (C=O) groups excluding carboxylic acids is 1. The van der Waals surface area contributed by atoms with Crippen molar-refractivity contribution in [1.29, 1.82) is 0 Å². The van der Waals surface area contributed by atoms with Crippen LogP contribution >= 0.6 is 9.24 Å². The van der Waals surface area contributed by atoms with Gasteiger partial charge in [-0.2, -0.15) is 0 Å². The zero-order valence-electron chi connectivity index (χ0n) is 20.1. The van der Waals surface area contributed by atoms with Crippen molar-refractivity contribution in [2.75, 3.05) is 34.3 Å². The normalized spacial score (nSPS) is 27.8. The molecule has 1 fully saturated rings. The van der Waals surface area contributed by atoms with Gasteiger partial charge in [0.15, 0.2) is 6.23 Å². The molecule has 1 saturated heterocycles. The summed E-state index contributed by atoms with van der Waals surface area (Å²) in [5, 5.41) is 2.29. The van der Waals surface area contributed by atoms with Crippen LogP contribution in [0.1, 0.15) is 37.6 Å². The molecule has 33 heavy (non-hydrogen) atoms. The number of H-pyrrole nitrogens is 1. The molecule has 7 nitrogen and oxygen atoms in total. The van der Waals surface area contributed by atoms with E-state index in [0.29, 0.717) is 5.57 Å². The van der Waals surface area contributed by atoms with Gasteiger partial charge in [-0.1, -0.05) is 0 Å². The summed E-state index contributed by atoms with van der Waals surface area (Å²) in [6.07, 6.45) is 3.32. The van der Waals surface area contributed by atoms with Crippen LogP contribution in [0.5, 0.6) is 5.75 Å². The van der Waals surface area contributed by atoms with E-state index in [1.54, 1.807) is 13.4 Å². The summed E-state index contributed by atoms with van der Waals surface area (Å²) in [6, 6.07) is 4.54. The summed E-state index contributed by atoms with van der Waals surface area (Å²) < 4.78 is 17.2. The molecule has 0 spiro atoms. The molecule has 6 unspecified atom stereocenters. The number of aromatic amines is 1. The predicted octanol–water partition coefficient (Wildman–Crippen LogP) is 2.97. The number of piperidine rings is 1. The van der Waals surface area contributed by atoms with Gasteiger partial charge in [-0.15, -0.1) is 9.24 Å². The highest BCUT2D eigenvalue weighted by molar-refractivity contribution is 7.27. The fourth-order valence-electron chi connectivity index (χ4n) is 5.67. The Kier molecular flexibility index (Phi) is 5.92. The second-order valence-electron chi connectivity index (χ2n) is 9.81. The van der Waals surface area contributed by atoms with Gasteiger partial charge in [-0.05, 0) is 58.5 Å². The van der Waals surface area contributed by atoms with Crippen LogP contribution in [0.4, 0.5) is 0 Å². The van der Waals surface area contributed by atoms with Gasteiger partial charge in [-0.25, -0.2) is 4.79 Å². The Labute approximate surface area is 197 Å². The van der Waals surface area contributed by atoms with E-state index in [2.05, 4.69) is 38.2 Å². The molecule has 0 bridgehead atoms. The first kappa shape index (κ1) is 22.7. The molecule has 4 heterocycles. The minimum atomic E-state index is -0.289. The van der Waals surface area contributed by atoms with Gasteiger partial charge >= 0.3 is 5.97 Å². The molecule has 0 aliphatic carbocycles. The van der Waals surface area contributed by atoms with E-state index in [4.69, 9.17) is 14.2 Å². The van der Waals surface area contributed by atoms with Gasteiger partial charge in [0.1, 0.15) is 5.75 Å². The third-order valence-corrected chi connectivity index (χ3v) is 8.26. The number of benzene rings is 1. The van der Waals surface area contributed by atoms with Crippen molar-refractivity contribution in [1.82, 2.24) is 14.8 Å². The number of hydrogen-bond acceptors (Lipinski definition) is 6. The molecule has 0 radical (unpaired) electrons. The maximum absolute atomic E-state index is 13.1. The van der Waals surface area contributed by atoms with E-state index in [1.165, 1.54) is 16.6 Å². The first-order valence-corrected chi connectivity index (χ1v) is 12.3. The topological polar surface area (TPSA) is 67.0 Å². The fraction of sp³-hybridized carbons (Fsp3) is 0.560. The van der Waals surface area contributed by atoms with Crippen molar-refractivity contribution >= 4 is 31.4 Å². The maximum atomic E-state index is 13.1. The molecule has 0 amide bonds. The fourth-order valence-corrected chi connectivity index (χ4v) is 6.04. The minimum Gasteiger partial charge on any atom is -0.497 e. The van der Waals surface area contributed by atoms with Crippen LogP contribution in [0.2, 0.25) is 0 Å². The average Bonchev–Trinajstić information content (AvgIpc) is 3.15. The highest BCUT2D eigenvalue weighted by Crippen LogP contribution is 2.48. The van der Waals surface area contributed by atoms with Gasteiger partial charge < -0.3 is 19.2 Å². The van der Waals surface area contributed by atoms with Gasteiger partial charge in [0.2, 0.25) is 0 Å². The van der Waals surface area contributed by atoms with Crippen molar-refractivity contribution in [2.24, 2.45) is 11.8 Å². The van der Waals surface area contributed by atoms with E-state index < -0.39 is 0 Å². The van der Waals surface area contributed by atoms with Crippen molar-refractivity contribution in [3.8, 4) is 5.75 Å².